The minimum Gasteiger partial charge on any atom is -0.468 e. The van der Waals surface area contributed by atoms with Crippen molar-refractivity contribution in [3.05, 3.63) is 11.9 Å². The Bertz CT molecular complexity index is 446. The maximum absolute atomic E-state index is 11.1. The molecule has 1 N–H and O–H groups in total. The lowest BCUT2D eigenvalue weighted by Crippen LogP contribution is -2.40. The predicted molar refractivity (Wildman–Crippen MR) is 74.8 cm³/mol. The molecule has 0 amide bonds. The van der Waals surface area contributed by atoms with E-state index in [-0.39, 0.29) is 12.5 Å². The highest BCUT2D eigenvalue weighted by Gasteiger charge is 2.26. The fraction of sp³-hybridized carbons (Fsp3) is 0.786. The normalized spacial score (nSPS) is 26.4. The van der Waals surface area contributed by atoms with Crippen molar-refractivity contribution in [1.82, 2.24) is 20.3 Å². The number of carbonyl (C=O) groups excluding carboxylic acids is 1. The maximum atomic E-state index is 11.1. The fourth-order valence-electron chi connectivity index (χ4n) is 2.80. The monoisotopic (exact) mass is 280 g/mol. The van der Waals surface area contributed by atoms with Crippen LogP contribution in [0.5, 0.6) is 0 Å². The Morgan fingerprint density at radius 2 is 2.30 bits per heavy atom. The summed E-state index contributed by atoms with van der Waals surface area (Å²) in [4.78, 5) is 11.1. The summed E-state index contributed by atoms with van der Waals surface area (Å²) >= 11 is 0. The molecule has 3 atom stereocenters. The SMILES string of the molecule is COC(=O)Cn1cc(CN[C@@H]2CCC[C@@H](C)[C@@H]2C)nn1. The Hall–Kier alpha value is -1.43. The van der Waals surface area contributed by atoms with E-state index in [1.54, 1.807) is 6.20 Å². The van der Waals surface area contributed by atoms with E-state index in [2.05, 4.69) is 34.2 Å². The van der Waals surface area contributed by atoms with E-state index < -0.39 is 0 Å². The molecule has 1 aliphatic rings. The summed E-state index contributed by atoms with van der Waals surface area (Å²) < 4.78 is 6.11. The van der Waals surface area contributed by atoms with Gasteiger partial charge in [-0.3, -0.25) is 4.79 Å². The van der Waals surface area contributed by atoms with Crippen LogP contribution < -0.4 is 5.32 Å². The molecular formula is C14H24N4O2. The van der Waals surface area contributed by atoms with Crippen molar-refractivity contribution in [1.29, 1.82) is 0 Å². The van der Waals surface area contributed by atoms with E-state index in [0.29, 0.717) is 18.5 Å². The lowest BCUT2D eigenvalue weighted by molar-refractivity contribution is -0.141. The molecule has 2 rings (SSSR count). The highest BCUT2D eigenvalue weighted by atomic mass is 16.5. The topological polar surface area (TPSA) is 69.0 Å². The van der Waals surface area contributed by atoms with Crippen molar-refractivity contribution in [3.8, 4) is 0 Å². The summed E-state index contributed by atoms with van der Waals surface area (Å²) in [6.45, 7) is 5.45. The first-order valence-electron chi connectivity index (χ1n) is 7.29. The van der Waals surface area contributed by atoms with Crippen molar-refractivity contribution in [2.45, 2.75) is 52.2 Å². The first-order valence-corrected chi connectivity index (χ1v) is 7.29. The van der Waals surface area contributed by atoms with Gasteiger partial charge in [0.25, 0.3) is 0 Å². The summed E-state index contributed by atoms with van der Waals surface area (Å²) in [5.74, 6) is 1.15. The van der Waals surface area contributed by atoms with Gasteiger partial charge in [-0.15, -0.1) is 5.10 Å². The summed E-state index contributed by atoms with van der Waals surface area (Å²) in [6.07, 6.45) is 5.63. The van der Waals surface area contributed by atoms with Gasteiger partial charge in [-0.2, -0.15) is 0 Å². The standard InChI is InChI=1S/C14H24N4O2/c1-10-5-4-6-13(11(10)2)15-7-12-8-18(17-16-12)9-14(19)20-3/h8,10-11,13,15H,4-7,9H2,1-3H3/t10-,11+,13-/m1/s1. The zero-order chi connectivity index (χ0) is 14.5. The van der Waals surface area contributed by atoms with Gasteiger partial charge < -0.3 is 10.1 Å². The summed E-state index contributed by atoms with van der Waals surface area (Å²) in [6, 6.07) is 0.546. The Labute approximate surface area is 119 Å². The number of methoxy groups -OCH3 is 1. The van der Waals surface area contributed by atoms with Crippen molar-refractivity contribution < 1.29 is 9.53 Å². The van der Waals surface area contributed by atoms with E-state index in [1.165, 1.54) is 31.1 Å². The Morgan fingerprint density at radius 3 is 3.05 bits per heavy atom. The van der Waals surface area contributed by atoms with Crippen molar-refractivity contribution >= 4 is 5.97 Å². The van der Waals surface area contributed by atoms with Gasteiger partial charge in [-0.05, 0) is 18.3 Å². The molecule has 1 aromatic heterocycles. The molecule has 112 valence electrons. The Kier molecular flexibility index (Phi) is 5.11. The van der Waals surface area contributed by atoms with Crippen LogP contribution in [0.4, 0.5) is 0 Å². The van der Waals surface area contributed by atoms with E-state index in [0.717, 1.165) is 11.6 Å². The van der Waals surface area contributed by atoms with Crippen molar-refractivity contribution in [2.24, 2.45) is 11.8 Å². The van der Waals surface area contributed by atoms with Crippen LogP contribution in [-0.4, -0.2) is 34.1 Å². The first kappa shape index (κ1) is 15.0. The quantitative estimate of drug-likeness (QED) is 0.825. The second-order valence-electron chi connectivity index (χ2n) is 5.74. The van der Waals surface area contributed by atoms with Crippen LogP contribution in [0, 0.1) is 11.8 Å². The third kappa shape index (κ3) is 3.79. The molecule has 0 aromatic carbocycles. The number of hydrogen-bond acceptors (Lipinski definition) is 5. The zero-order valence-electron chi connectivity index (χ0n) is 12.5. The molecule has 6 nitrogen and oxygen atoms in total. The lowest BCUT2D eigenvalue weighted by atomic mass is 9.78. The number of nitrogens with one attached hydrogen (secondary N) is 1. The van der Waals surface area contributed by atoms with Gasteiger partial charge in [-0.25, -0.2) is 4.68 Å². The number of esters is 1. The minimum absolute atomic E-state index is 0.111. The first-order chi connectivity index (χ1) is 9.60. The number of carbonyl (C=O) groups is 1. The van der Waals surface area contributed by atoms with Crippen molar-refractivity contribution in [3.63, 3.8) is 0 Å². The average molecular weight is 280 g/mol. The van der Waals surface area contributed by atoms with Crippen LogP contribution in [0.15, 0.2) is 6.20 Å². The molecule has 0 spiro atoms. The van der Waals surface area contributed by atoms with E-state index >= 15 is 0 Å². The molecule has 20 heavy (non-hydrogen) atoms. The zero-order valence-corrected chi connectivity index (χ0v) is 12.5. The van der Waals surface area contributed by atoms with Gasteiger partial charge >= 0.3 is 5.97 Å². The lowest BCUT2D eigenvalue weighted by Gasteiger charge is -2.34. The molecule has 1 saturated carbocycles. The van der Waals surface area contributed by atoms with E-state index in [1.807, 2.05) is 0 Å². The van der Waals surface area contributed by atoms with Crippen LogP contribution in [0.25, 0.3) is 0 Å². The second kappa shape index (κ2) is 6.83. The second-order valence-corrected chi connectivity index (χ2v) is 5.74. The van der Waals surface area contributed by atoms with Gasteiger partial charge in [0.15, 0.2) is 0 Å². The van der Waals surface area contributed by atoms with Gasteiger partial charge in [-0.1, -0.05) is 31.9 Å². The van der Waals surface area contributed by atoms with Crippen LogP contribution in [0.3, 0.4) is 0 Å². The highest BCUT2D eigenvalue weighted by Crippen LogP contribution is 2.29. The molecule has 1 aromatic rings. The van der Waals surface area contributed by atoms with E-state index in [9.17, 15) is 4.79 Å². The fourth-order valence-corrected chi connectivity index (χ4v) is 2.80. The molecular weight excluding hydrogens is 256 g/mol. The van der Waals surface area contributed by atoms with Gasteiger partial charge in [0.1, 0.15) is 6.54 Å². The molecule has 1 fully saturated rings. The molecule has 6 heteroatoms. The van der Waals surface area contributed by atoms with Gasteiger partial charge in [0.2, 0.25) is 0 Å². The molecule has 1 aliphatic carbocycles. The largest absolute Gasteiger partial charge is 0.468 e. The molecule has 0 radical (unpaired) electrons. The summed E-state index contributed by atoms with van der Waals surface area (Å²) in [7, 11) is 1.37. The number of aromatic nitrogens is 3. The van der Waals surface area contributed by atoms with Crippen LogP contribution in [-0.2, 0) is 22.6 Å². The summed E-state index contributed by atoms with van der Waals surface area (Å²) in [5, 5.41) is 11.6. The van der Waals surface area contributed by atoms with Gasteiger partial charge in [0.05, 0.1) is 19.0 Å². The number of ether oxygens (including phenoxy) is 1. The smallest absolute Gasteiger partial charge is 0.327 e. The molecule has 0 saturated heterocycles. The third-order valence-electron chi connectivity index (χ3n) is 4.36. The van der Waals surface area contributed by atoms with Crippen LogP contribution in [0.2, 0.25) is 0 Å². The van der Waals surface area contributed by atoms with Crippen LogP contribution >= 0.6 is 0 Å². The maximum Gasteiger partial charge on any atom is 0.327 e. The summed E-state index contributed by atoms with van der Waals surface area (Å²) in [5.41, 5.74) is 0.860. The number of hydrogen-bond donors (Lipinski definition) is 1. The Morgan fingerprint density at radius 1 is 1.50 bits per heavy atom. The average Bonchev–Trinajstić information content (AvgIpc) is 2.88. The molecule has 0 unspecified atom stereocenters. The van der Waals surface area contributed by atoms with Crippen LogP contribution in [0.1, 0.15) is 38.8 Å². The van der Waals surface area contributed by atoms with Crippen molar-refractivity contribution in [2.75, 3.05) is 7.11 Å². The predicted octanol–water partition coefficient (Wildman–Crippen LogP) is 1.37. The minimum atomic E-state index is -0.316. The van der Waals surface area contributed by atoms with Gasteiger partial charge in [0, 0.05) is 12.6 Å². The number of rotatable bonds is 5. The third-order valence-corrected chi connectivity index (χ3v) is 4.36. The number of nitrogens with zero attached hydrogens (tertiary/aromatic N) is 3. The molecule has 0 bridgehead atoms. The highest BCUT2D eigenvalue weighted by molar-refractivity contribution is 5.68. The molecule has 1 heterocycles. The Balaban J connectivity index is 1.83. The molecule has 0 aliphatic heterocycles. The van der Waals surface area contributed by atoms with E-state index in [4.69, 9.17) is 0 Å².